The maximum absolute atomic E-state index is 16.5. The Kier molecular flexibility index (Phi) is 11.3. The average Bonchev–Trinajstić information content (AvgIpc) is 3.75. The van der Waals surface area contributed by atoms with Gasteiger partial charge < -0.3 is 24.4 Å². The van der Waals surface area contributed by atoms with Crippen LogP contribution in [0.15, 0.2) is 79.1 Å². The summed E-state index contributed by atoms with van der Waals surface area (Å²) in [5.74, 6) is -1.69. The number of esters is 1. The maximum atomic E-state index is 16.5. The van der Waals surface area contributed by atoms with Crippen LogP contribution in [-0.4, -0.2) is 81.8 Å². The molecule has 0 saturated carbocycles. The van der Waals surface area contributed by atoms with Gasteiger partial charge in [-0.3, -0.25) is 28.7 Å². The molecule has 296 valence electrons. The van der Waals surface area contributed by atoms with Gasteiger partial charge in [-0.25, -0.2) is 5.09 Å². The lowest BCUT2D eigenvalue weighted by Gasteiger charge is -2.42. The van der Waals surface area contributed by atoms with Crippen LogP contribution in [0, 0.1) is 0 Å². The van der Waals surface area contributed by atoms with E-state index in [1.807, 2.05) is 18.3 Å². The lowest BCUT2D eigenvalue weighted by Crippen LogP contribution is -2.58. The summed E-state index contributed by atoms with van der Waals surface area (Å²) >= 11 is 1.06. The molecule has 7 rings (SSSR count). The number of likely N-dealkylation sites (tertiary alicyclic amines) is 1. The van der Waals surface area contributed by atoms with E-state index in [4.69, 9.17) is 9.26 Å². The first-order valence-electron chi connectivity index (χ1n) is 18.8. The molecule has 2 aromatic carbocycles. The number of nitrogens with zero attached hydrogens (tertiary/aromatic N) is 3. The van der Waals surface area contributed by atoms with Crippen molar-refractivity contribution in [2.75, 3.05) is 13.1 Å². The number of nitrogens with one attached hydrogen (secondary N) is 2. The average molecular weight is 808 g/mol. The van der Waals surface area contributed by atoms with E-state index in [9.17, 15) is 23.7 Å². The number of carbonyl (C=O) groups excluding carboxylic acids is 4. The quantitative estimate of drug-likeness (QED) is 0.116. The highest BCUT2D eigenvalue weighted by Gasteiger charge is 2.56. The van der Waals surface area contributed by atoms with Crippen molar-refractivity contribution < 1.29 is 41.8 Å². The number of hydrogen-bond acceptors (Lipinski definition) is 9. The first-order chi connectivity index (χ1) is 26.7. The maximum Gasteiger partial charge on any atom is 0.390 e. The summed E-state index contributed by atoms with van der Waals surface area (Å²) in [5, 5.41) is 5.40. The summed E-state index contributed by atoms with van der Waals surface area (Å²) in [5.41, 5.74) is -3.73. The summed E-state index contributed by atoms with van der Waals surface area (Å²) in [6.45, 7) is 5.60. The third kappa shape index (κ3) is 7.94. The van der Waals surface area contributed by atoms with Gasteiger partial charge in [-0.05, 0) is 100 Å². The van der Waals surface area contributed by atoms with Gasteiger partial charge in [-0.15, -0.1) is 11.3 Å². The molecule has 4 aromatic rings. The van der Waals surface area contributed by atoms with Crippen LogP contribution in [0.25, 0.3) is 10.1 Å². The van der Waals surface area contributed by atoms with E-state index in [0.717, 1.165) is 35.5 Å². The molecule has 56 heavy (non-hydrogen) atoms. The second-order valence-electron chi connectivity index (χ2n) is 14.9. The summed E-state index contributed by atoms with van der Waals surface area (Å²) in [6, 6.07) is 13.5. The Bertz CT molecular complexity index is 2150. The number of pyridine rings is 1. The van der Waals surface area contributed by atoms with Crippen molar-refractivity contribution >= 4 is 52.6 Å². The van der Waals surface area contributed by atoms with Crippen LogP contribution in [0.5, 0.6) is 5.75 Å². The first-order valence-corrected chi connectivity index (χ1v) is 21.2. The highest BCUT2D eigenvalue weighted by atomic mass is 32.1. The topological polar surface area (TPSA) is 147 Å². The number of amides is 3. The minimum atomic E-state index is -5.22. The Morgan fingerprint density at radius 2 is 1.75 bits per heavy atom. The number of thiophene rings is 1. The lowest BCUT2D eigenvalue weighted by atomic mass is 9.92. The third-order valence-electron chi connectivity index (χ3n) is 10.5. The highest BCUT2D eigenvalue weighted by molar-refractivity contribution is 7.58. The molecule has 3 amide bonds. The number of hydrogen-bond donors (Lipinski definition) is 2. The summed E-state index contributed by atoms with van der Waals surface area (Å²) in [4.78, 5) is 61.8. The molecule has 16 heteroatoms. The minimum absolute atomic E-state index is 0.0797. The van der Waals surface area contributed by atoms with Crippen LogP contribution in [0.2, 0.25) is 0 Å². The van der Waals surface area contributed by atoms with Crippen molar-refractivity contribution in [1.82, 2.24) is 25.2 Å². The second kappa shape index (κ2) is 16.0. The Morgan fingerprint density at radius 1 is 0.982 bits per heavy atom. The van der Waals surface area contributed by atoms with Crippen molar-refractivity contribution in [3.63, 3.8) is 0 Å². The Morgan fingerprint density at radius 3 is 2.46 bits per heavy atom. The number of benzene rings is 2. The number of carbonyl (C=O) groups is 4. The van der Waals surface area contributed by atoms with E-state index in [-0.39, 0.29) is 39.8 Å². The molecule has 2 aromatic heterocycles. The van der Waals surface area contributed by atoms with E-state index in [2.05, 4.69) is 15.4 Å². The third-order valence-corrected chi connectivity index (χ3v) is 13.8. The molecule has 0 spiro atoms. The predicted molar refractivity (Wildman–Crippen MR) is 207 cm³/mol. The van der Waals surface area contributed by atoms with Crippen LogP contribution >= 0.6 is 18.9 Å². The first kappa shape index (κ1) is 39.5. The number of halogens is 2. The van der Waals surface area contributed by atoms with Crippen LogP contribution < -0.4 is 14.9 Å². The Labute approximate surface area is 327 Å². The standard InChI is InChI=1S/C40H44F2N5O7PS/c1-24(2)53-39(51)25(3)45-55(52,54-31-11-5-4-6-12-31)40(41,42)29-14-17-34-27(19-29)20-35(56-34)36(48)44-32-13-7-10-30-15-16-33(47(30)37(32)49)38(50)46-22-28(23-46)26-9-8-18-43-21-26/h4-6,8-9,11-12,14,17-21,24-25,28,30,32-33H,7,10,13,15-16,22-23H2,1-3H3,(H,44,48)(H,45,52)/t25-,30-,32-,33-,55?/m0/s1. The van der Waals surface area contributed by atoms with Gasteiger partial charge in [0.05, 0.1) is 11.0 Å². The molecular formula is C40H44F2N5O7PS. The zero-order valence-electron chi connectivity index (χ0n) is 31.2. The fraction of sp³-hybridized carbons (Fsp3) is 0.425. The van der Waals surface area contributed by atoms with Gasteiger partial charge >= 0.3 is 19.2 Å². The molecule has 0 aliphatic carbocycles. The zero-order valence-corrected chi connectivity index (χ0v) is 32.9. The second-order valence-corrected chi connectivity index (χ2v) is 18.1. The van der Waals surface area contributed by atoms with Gasteiger partial charge in [-0.2, -0.15) is 8.78 Å². The van der Waals surface area contributed by atoms with Crippen LogP contribution in [0.4, 0.5) is 8.78 Å². The van der Waals surface area contributed by atoms with Crippen molar-refractivity contribution in [3.05, 3.63) is 95.1 Å². The molecule has 5 heterocycles. The smallest absolute Gasteiger partial charge is 0.390 e. The zero-order chi connectivity index (χ0) is 39.8. The SMILES string of the molecule is CC(C)OC(=O)[C@H](C)NP(=O)(Oc1ccccc1)C(F)(F)c1ccc2sc(C(=O)N[C@H]3CCC[C@H]4CC[C@@H](C(=O)N5CC(c6cccnc6)C5)N4C3=O)cc2c1. The van der Waals surface area contributed by atoms with Crippen LogP contribution in [0.1, 0.15) is 79.6 Å². The van der Waals surface area contributed by atoms with E-state index in [1.54, 1.807) is 35.9 Å². The molecule has 3 fully saturated rings. The number of para-hydroxylation sites is 1. The van der Waals surface area contributed by atoms with E-state index in [1.165, 1.54) is 43.3 Å². The Balaban J connectivity index is 1.06. The molecule has 3 aliphatic rings. The molecular weight excluding hydrogens is 764 g/mol. The van der Waals surface area contributed by atoms with Gasteiger partial charge in [0, 0.05) is 47.7 Å². The van der Waals surface area contributed by atoms with Gasteiger partial charge in [0.1, 0.15) is 23.9 Å². The fourth-order valence-electron chi connectivity index (χ4n) is 7.61. The monoisotopic (exact) mass is 807 g/mol. The van der Waals surface area contributed by atoms with Gasteiger partial charge in [0.2, 0.25) is 11.8 Å². The number of alkyl halides is 2. The number of rotatable bonds is 12. The summed E-state index contributed by atoms with van der Waals surface area (Å²) < 4.78 is 58.3. The predicted octanol–water partition coefficient (Wildman–Crippen LogP) is 6.82. The molecule has 0 bridgehead atoms. The van der Waals surface area contributed by atoms with Crippen molar-refractivity contribution in [2.24, 2.45) is 0 Å². The minimum Gasteiger partial charge on any atom is -0.462 e. The van der Waals surface area contributed by atoms with Crippen LogP contribution in [-0.2, 0) is 29.3 Å². The van der Waals surface area contributed by atoms with Crippen LogP contribution in [0.3, 0.4) is 0 Å². The van der Waals surface area contributed by atoms with Crippen molar-refractivity contribution in [1.29, 1.82) is 0 Å². The number of aromatic nitrogens is 1. The molecule has 3 saturated heterocycles. The molecule has 3 aliphatic heterocycles. The largest absolute Gasteiger partial charge is 0.462 e. The van der Waals surface area contributed by atoms with E-state index >= 15 is 8.78 Å². The lowest BCUT2D eigenvalue weighted by molar-refractivity contribution is -0.149. The number of ether oxygens (including phenoxy) is 1. The van der Waals surface area contributed by atoms with Crippen molar-refractivity contribution in [3.8, 4) is 5.75 Å². The van der Waals surface area contributed by atoms with Gasteiger partial charge in [0.15, 0.2) is 0 Å². The molecule has 2 N–H and O–H groups in total. The van der Waals surface area contributed by atoms with Gasteiger partial charge in [0.25, 0.3) is 5.91 Å². The van der Waals surface area contributed by atoms with E-state index < -0.39 is 54.9 Å². The van der Waals surface area contributed by atoms with Gasteiger partial charge in [-0.1, -0.05) is 30.3 Å². The molecule has 1 unspecified atom stereocenters. The fourth-order valence-corrected chi connectivity index (χ4v) is 10.4. The van der Waals surface area contributed by atoms with Crippen molar-refractivity contribution in [2.45, 2.75) is 94.7 Å². The molecule has 12 nitrogen and oxygen atoms in total. The normalized spacial score (nSPS) is 21.8. The summed E-state index contributed by atoms with van der Waals surface area (Å²) in [6.07, 6.45) is 6.08. The molecule has 0 radical (unpaired) electrons. The molecule has 5 atom stereocenters. The Hall–Kier alpha value is -4.72. The highest BCUT2D eigenvalue weighted by Crippen LogP contribution is 2.63. The van der Waals surface area contributed by atoms with E-state index in [0.29, 0.717) is 43.5 Å². The summed E-state index contributed by atoms with van der Waals surface area (Å²) in [7, 11) is -5.22. The number of fused-ring (bicyclic) bond motifs is 2.